The predicted molar refractivity (Wildman–Crippen MR) is 88.7 cm³/mol. The highest BCUT2D eigenvalue weighted by molar-refractivity contribution is 5.58. The van der Waals surface area contributed by atoms with Crippen molar-refractivity contribution in [2.24, 2.45) is 0 Å². The molecule has 0 unspecified atom stereocenters. The van der Waals surface area contributed by atoms with Gasteiger partial charge in [0.25, 0.3) is 0 Å². The van der Waals surface area contributed by atoms with Crippen molar-refractivity contribution in [1.82, 2.24) is 5.32 Å². The van der Waals surface area contributed by atoms with Crippen LogP contribution in [0, 0.1) is 0 Å². The van der Waals surface area contributed by atoms with Gasteiger partial charge in [-0.25, -0.2) is 0 Å². The molecule has 0 amide bonds. The topological polar surface area (TPSA) is 12.0 Å². The van der Waals surface area contributed by atoms with E-state index in [0.717, 1.165) is 29.8 Å². The summed E-state index contributed by atoms with van der Waals surface area (Å²) in [6.45, 7) is 4.08. The fourth-order valence-corrected chi connectivity index (χ4v) is 2.36. The molecular weight excluding hydrogens is 299 g/mol. The van der Waals surface area contributed by atoms with E-state index in [0.29, 0.717) is 5.56 Å². The summed E-state index contributed by atoms with van der Waals surface area (Å²) in [5.74, 6) is 0. The van der Waals surface area contributed by atoms with Crippen molar-refractivity contribution in [2.45, 2.75) is 26.4 Å². The van der Waals surface area contributed by atoms with E-state index in [4.69, 9.17) is 0 Å². The van der Waals surface area contributed by atoms with Gasteiger partial charge in [-0.2, -0.15) is 13.2 Å². The molecule has 0 fully saturated rings. The second-order valence-electron chi connectivity index (χ2n) is 5.53. The average Bonchev–Trinajstić information content (AvgIpc) is 3.00. The van der Waals surface area contributed by atoms with Gasteiger partial charge in [0.1, 0.15) is 0 Å². The van der Waals surface area contributed by atoms with Crippen molar-refractivity contribution in [2.75, 3.05) is 7.05 Å². The summed E-state index contributed by atoms with van der Waals surface area (Å²) in [5.41, 5.74) is 4.47. The number of benzene rings is 1. The minimum atomic E-state index is -4.31. The summed E-state index contributed by atoms with van der Waals surface area (Å²) in [6, 6.07) is 5.34. The summed E-state index contributed by atoms with van der Waals surface area (Å²) in [6.07, 6.45) is 4.24. The van der Waals surface area contributed by atoms with Crippen molar-refractivity contribution >= 4 is 6.08 Å². The van der Waals surface area contributed by atoms with E-state index < -0.39 is 11.7 Å². The molecule has 0 radical (unpaired) electrons. The first-order valence-corrected chi connectivity index (χ1v) is 7.43. The average molecular weight is 319 g/mol. The minimum absolute atomic E-state index is 0.543. The molecule has 0 spiro atoms. The Morgan fingerprint density at radius 2 is 1.91 bits per heavy atom. The maximum absolute atomic E-state index is 12.7. The molecule has 0 aliphatic heterocycles. The van der Waals surface area contributed by atoms with Gasteiger partial charge in [-0.05, 0) is 54.7 Å². The lowest BCUT2D eigenvalue weighted by atomic mass is 10.1. The number of rotatable bonds is 4. The quantitative estimate of drug-likeness (QED) is 0.774. The Morgan fingerprint density at radius 3 is 2.57 bits per heavy atom. The standard InChI is InChI=1S/C19H20F3N/c1-13(14(2)23-3)17-10-9-16(11-17)8-7-15-5-4-6-18(12-15)19(20,21)22/h4-9,11-12,23H,10H2,1-3H3/b8-7+,14-13+. The zero-order valence-electron chi connectivity index (χ0n) is 13.5. The second kappa shape index (κ2) is 6.90. The monoisotopic (exact) mass is 319 g/mol. The zero-order chi connectivity index (χ0) is 17.0. The van der Waals surface area contributed by atoms with Gasteiger partial charge < -0.3 is 5.32 Å². The van der Waals surface area contributed by atoms with E-state index in [1.54, 1.807) is 12.1 Å². The Bertz CT molecular complexity index is 704. The summed E-state index contributed by atoms with van der Waals surface area (Å²) in [5, 5.41) is 3.13. The van der Waals surface area contributed by atoms with E-state index in [1.807, 2.05) is 20.0 Å². The van der Waals surface area contributed by atoms with Gasteiger partial charge in [0.15, 0.2) is 0 Å². The molecule has 0 atom stereocenters. The summed E-state index contributed by atoms with van der Waals surface area (Å²) < 4.78 is 38.1. The van der Waals surface area contributed by atoms with Crippen LogP contribution in [0.3, 0.4) is 0 Å². The van der Waals surface area contributed by atoms with Crippen LogP contribution in [0.15, 0.2) is 64.9 Å². The maximum atomic E-state index is 12.7. The lowest BCUT2D eigenvalue weighted by Crippen LogP contribution is -2.05. The third-order valence-electron chi connectivity index (χ3n) is 4.00. The molecule has 1 aliphatic carbocycles. The lowest BCUT2D eigenvalue weighted by Gasteiger charge is -2.07. The summed E-state index contributed by atoms with van der Waals surface area (Å²) >= 11 is 0. The highest BCUT2D eigenvalue weighted by Crippen LogP contribution is 2.30. The first-order valence-electron chi connectivity index (χ1n) is 7.43. The Balaban J connectivity index is 2.15. The van der Waals surface area contributed by atoms with Crippen LogP contribution < -0.4 is 5.32 Å². The van der Waals surface area contributed by atoms with Gasteiger partial charge in [-0.15, -0.1) is 0 Å². The van der Waals surface area contributed by atoms with Crippen molar-refractivity contribution in [3.8, 4) is 0 Å². The molecule has 0 saturated heterocycles. The Labute approximate surface area is 134 Å². The first kappa shape index (κ1) is 17.1. The molecule has 1 nitrogen and oxygen atoms in total. The minimum Gasteiger partial charge on any atom is -0.391 e. The summed E-state index contributed by atoms with van der Waals surface area (Å²) in [7, 11) is 1.89. The Kier molecular flexibility index (Phi) is 5.14. The molecule has 1 aromatic carbocycles. The lowest BCUT2D eigenvalue weighted by molar-refractivity contribution is -0.137. The zero-order valence-corrected chi connectivity index (χ0v) is 13.5. The smallest absolute Gasteiger partial charge is 0.391 e. The number of hydrogen-bond donors (Lipinski definition) is 1. The maximum Gasteiger partial charge on any atom is 0.416 e. The molecule has 0 aromatic heterocycles. The first-order chi connectivity index (χ1) is 10.8. The van der Waals surface area contributed by atoms with Crippen molar-refractivity contribution in [3.05, 3.63) is 76.0 Å². The number of hydrogen-bond acceptors (Lipinski definition) is 1. The van der Waals surface area contributed by atoms with Crippen molar-refractivity contribution < 1.29 is 13.2 Å². The van der Waals surface area contributed by atoms with E-state index in [9.17, 15) is 13.2 Å². The number of alkyl halides is 3. The van der Waals surface area contributed by atoms with Gasteiger partial charge in [0.05, 0.1) is 5.56 Å². The molecule has 2 rings (SSSR count). The highest BCUT2D eigenvalue weighted by Gasteiger charge is 2.30. The van der Waals surface area contributed by atoms with Gasteiger partial charge in [-0.3, -0.25) is 0 Å². The molecule has 0 heterocycles. The van der Waals surface area contributed by atoms with Gasteiger partial charge in [-0.1, -0.05) is 36.4 Å². The predicted octanol–water partition coefficient (Wildman–Crippen LogP) is 5.49. The van der Waals surface area contributed by atoms with Crippen LogP contribution in [0.2, 0.25) is 0 Å². The normalized spacial score (nSPS) is 16.3. The molecule has 1 N–H and O–H groups in total. The Morgan fingerprint density at radius 1 is 1.17 bits per heavy atom. The fraction of sp³-hybridized carbons (Fsp3) is 0.263. The fourth-order valence-electron chi connectivity index (χ4n) is 2.36. The molecule has 23 heavy (non-hydrogen) atoms. The number of nitrogens with one attached hydrogen (secondary N) is 1. The van der Waals surface area contributed by atoms with Gasteiger partial charge in [0.2, 0.25) is 0 Å². The van der Waals surface area contributed by atoms with E-state index in [-0.39, 0.29) is 0 Å². The van der Waals surface area contributed by atoms with Crippen LogP contribution in [0.25, 0.3) is 6.08 Å². The van der Waals surface area contributed by atoms with Gasteiger partial charge in [0, 0.05) is 12.7 Å². The summed E-state index contributed by atoms with van der Waals surface area (Å²) in [4.78, 5) is 0. The van der Waals surface area contributed by atoms with Crippen LogP contribution in [0.4, 0.5) is 13.2 Å². The Hall–Kier alpha value is -2.23. The largest absolute Gasteiger partial charge is 0.416 e. The van der Waals surface area contributed by atoms with E-state index >= 15 is 0 Å². The molecule has 1 aliphatic rings. The second-order valence-corrected chi connectivity index (χ2v) is 5.53. The van der Waals surface area contributed by atoms with Crippen LogP contribution in [-0.2, 0) is 6.18 Å². The van der Waals surface area contributed by atoms with Crippen molar-refractivity contribution in [3.63, 3.8) is 0 Å². The number of halogens is 3. The van der Waals surface area contributed by atoms with E-state index in [2.05, 4.69) is 24.4 Å². The third-order valence-corrected chi connectivity index (χ3v) is 4.00. The van der Waals surface area contributed by atoms with Crippen LogP contribution in [-0.4, -0.2) is 7.05 Å². The van der Waals surface area contributed by atoms with Crippen molar-refractivity contribution in [1.29, 1.82) is 0 Å². The van der Waals surface area contributed by atoms with Crippen LogP contribution in [0.1, 0.15) is 31.4 Å². The molecule has 4 heteroatoms. The SMILES string of the molecule is CN/C(C)=C(\C)C1=CC(/C=C/c2cccc(C(F)(F)F)c2)=CC1. The van der Waals surface area contributed by atoms with Crippen LogP contribution in [0.5, 0.6) is 0 Å². The highest BCUT2D eigenvalue weighted by atomic mass is 19.4. The molecular formula is C19H20F3N. The van der Waals surface area contributed by atoms with Gasteiger partial charge >= 0.3 is 6.18 Å². The number of allylic oxidation sites excluding steroid dienone is 7. The third kappa shape index (κ3) is 4.38. The van der Waals surface area contributed by atoms with E-state index in [1.165, 1.54) is 17.2 Å². The molecule has 1 aromatic rings. The molecule has 0 bridgehead atoms. The molecule has 122 valence electrons. The van der Waals surface area contributed by atoms with Crippen LogP contribution >= 0.6 is 0 Å². The molecule has 0 saturated carbocycles.